The molecule has 4 rings (SSSR count). The summed E-state index contributed by atoms with van der Waals surface area (Å²) in [6, 6.07) is 0.0310. The predicted octanol–water partition coefficient (Wildman–Crippen LogP) is -0.484. The Morgan fingerprint density at radius 1 is 1.33 bits per heavy atom. The Labute approximate surface area is 189 Å². The number of nitrogens with zero attached hydrogens (tertiary/aromatic N) is 3. The summed E-state index contributed by atoms with van der Waals surface area (Å²) in [4.78, 5) is 51.2. The molecule has 3 amide bonds. The molecule has 33 heavy (non-hydrogen) atoms. The lowest BCUT2D eigenvalue weighted by Gasteiger charge is -2.13. The van der Waals surface area contributed by atoms with E-state index >= 15 is 0 Å². The van der Waals surface area contributed by atoms with Gasteiger partial charge in [0.25, 0.3) is 5.91 Å². The highest BCUT2D eigenvalue weighted by atomic mass is 16.3. The number of hydrogen-bond donors (Lipinski definition) is 4. The summed E-state index contributed by atoms with van der Waals surface area (Å²) in [6.45, 7) is 4.97. The first-order chi connectivity index (χ1) is 15.7. The van der Waals surface area contributed by atoms with Gasteiger partial charge in [-0.1, -0.05) is 18.4 Å². The summed E-state index contributed by atoms with van der Waals surface area (Å²) in [7, 11) is 0. The first-order valence-electron chi connectivity index (χ1n) is 11.1. The molecule has 0 spiro atoms. The van der Waals surface area contributed by atoms with E-state index in [0.29, 0.717) is 30.7 Å². The normalized spacial score (nSPS) is 18.5. The first-order valence-corrected chi connectivity index (χ1v) is 11.1. The van der Waals surface area contributed by atoms with Crippen molar-refractivity contribution in [1.82, 2.24) is 19.8 Å². The van der Waals surface area contributed by atoms with Crippen molar-refractivity contribution in [2.45, 2.75) is 45.7 Å². The van der Waals surface area contributed by atoms with Crippen LogP contribution in [-0.2, 0) is 16.1 Å². The van der Waals surface area contributed by atoms with Crippen LogP contribution in [0, 0.1) is 11.8 Å². The van der Waals surface area contributed by atoms with Gasteiger partial charge in [0.2, 0.25) is 17.4 Å². The van der Waals surface area contributed by atoms with Crippen molar-refractivity contribution in [1.29, 1.82) is 0 Å². The van der Waals surface area contributed by atoms with Crippen molar-refractivity contribution < 1.29 is 24.1 Å². The van der Waals surface area contributed by atoms with Crippen LogP contribution in [0.25, 0.3) is 11.7 Å². The maximum atomic E-state index is 13.0. The Hall–Kier alpha value is -3.63. The van der Waals surface area contributed by atoms with Gasteiger partial charge in [-0.2, -0.15) is 4.57 Å². The first kappa shape index (κ1) is 22.6. The molecule has 2 aromatic heterocycles. The fourth-order valence-electron chi connectivity index (χ4n) is 4.07. The number of nitrogens with two attached hydrogens (primary N) is 1. The molecule has 2 aliphatic rings. The molecule has 0 aromatic carbocycles. The van der Waals surface area contributed by atoms with Gasteiger partial charge in [-0.15, -0.1) is 0 Å². The van der Waals surface area contributed by atoms with E-state index in [9.17, 15) is 24.3 Å². The third-order valence-electron chi connectivity index (χ3n) is 5.97. The molecule has 5 N–H and O–H groups in total. The number of aromatic hydroxyl groups is 1. The highest BCUT2D eigenvalue weighted by Crippen LogP contribution is 2.21. The molecular weight excluding hydrogens is 428 g/mol. The minimum absolute atomic E-state index is 0.0310. The number of primary amides is 1. The van der Waals surface area contributed by atoms with Gasteiger partial charge in [0.1, 0.15) is 0 Å². The topological polar surface area (TPSA) is 154 Å². The summed E-state index contributed by atoms with van der Waals surface area (Å²) >= 11 is 0. The Morgan fingerprint density at radius 3 is 2.67 bits per heavy atom. The van der Waals surface area contributed by atoms with Crippen molar-refractivity contribution in [2.24, 2.45) is 17.6 Å². The average Bonchev–Trinajstić information content (AvgIpc) is 3.26. The summed E-state index contributed by atoms with van der Waals surface area (Å²) < 4.78 is 2.71. The van der Waals surface area contributed by atoms with E-state index in [1.807, 2.05) is 13.8 Å². The lowest BCUT2D eigenvalue weighted by Crippen LogP contribution is -2.46. The minimum atomic E-state index is -0.671. The summed E-state index contributed by atoms with van der Waals surface area (Å²) in [5.74, 6) is -1.95. The number of carbonyl (C=O) groups is 3. The van der Waals surface area contributed by atoms with Crippen LogP contribution < -0.4 is 21.2 Å². The standard InChI is InChI=1S/C22H28N6O5/c1-12(2)10-27-20-13(3-6-16(29)26-8-7-14(11-26)18(23)30)9-24-28(20)22(33)17(21(27)32)19(31)25-15-4-5-15/h3,6,9,12,14-15H,4-5,7-8,10-11H2,1-2H3,(H4,23,25,30,31,32,33)/p+1/b6-3+/t14-/m0/s1. The van der Waals surface area contributed by atoms with Crippen molar-refractivity contribution in [3.05, 3.63) is 33.8 Å². The second kappa shape index (κ2) is 8.72. The number of aromatic amines is 1. The Kier molecular flexibility index (Phi) is 5.96. The lowest BCUT2D eigenvalue weighted by atomic mass is 10.1. The third-order valence-corrected chi connectivity index (χ3v) is 5.97. The van der Waals surface area contributed by atoms with Crippen LogP contribution in [0.15, 0.2) is 17.1 Å². The number of nitrogens with one attached hydrogen (secondary N) is 2. The van der Waals surface area contributed by atoms with Crippen LogP contribution in [0.2, 0.25) is 0 Å². The molecule has 2 fully saturated rings. The number of rotatable bonds is 7. The maximum Gasteiger partial charge on any atom is 0.378 e. The van der Waals surface area contributed by atoms with Crippen molar-refractivity contribution in [3.8, 4) is 5.88 Å². The van der Waals surface area contributed by atoms with E-state index in [2.05, 4.69) is 10.4 Å². The molecule has 0 unspecified atom stereocenters. The highest BCUT2D eigenvalue weighted by molar-refractivity contribution is 5.96. The van der Waals surface area contributed by atoms with E-state index in [0.717, 1.165) is 12.8 Å². The lowest BCUT2D eigenvalue weighted by molar-refractivity contribution is -0.686. The zero-order valence-electron chi connectivity index (χ0n) is 18.7. The quantitative estimate of drug-likeness (QED) is 0.327. The smallest absolute Gasteiger partial charge is 0.378 e. The van der Waals surface area contributed by atoms with E-state index in [1.165, 1.54) is 21.4 Å². The highest BCUT2D eigenvalue weighted by Gasteiger charge is 2.34. The second-order valence-electron chi connectivity index (χ2n) is 9.15. The molecule has 0 bridgehead atoms. The molecular formula is C22H29N6O5+. The van der Waals surface area contributed by atoms with Gasteiger partial charge in [-0.05, 0) is 31.3 Å². The molecule has 1 aliphatic carbocycles. The molecule has 1 saturated carbocycles. The van der Waals surface area contributed by atoms with Crippen molar-refractivity contribution in [2.75, 3.05) is 13.1 Å². The van der Waals surface area contributed by atoms with Crippen LogP contribution in [0.5, 0.6) is 5.88 Å². The van der Waals surface area contributed by atoms with Crippen molar-refractivity contribution >= 4 is 29.4 Å². The Bertz CT molecular complexity index is 1210. The van der Waals surface area contributed by atoms with Gasteiger partial charge in [-0.3, -0.25) is 14.4 Å². The van der Waals surface area contributed by atoms with Gasteiger partial charge in [0, 0.05) is 25.2 Å². The fraction of sp³-hybridized carbons (Fsp3) is 0.500. The van der Waals surface area contributed by atoms with Gasteiger partial charge in [0.05, 0.1) is 24.2 Å². The minimum Gasteiger partial charge on any atom is -0.477 e. The summed E-state index contributed by atoms with van der Waals surface area (Å²) in [6.07, 6.45) is 6.68. The molecule has 3 heterocycles. The largest absolute Gasteiger partial charge is 0.477 e. The molecule has 176 valence electrons. The van der Waals surface area contributed by atoms with Gasteiger partial charge >= 0.3 is 17.1 Å². The van der Waals surface area contributed by atoms with Gasteiger partial charge in [-0.25, -0.2) is 9.89 Å². The van der Waals surface area contributed by atoms with E-state index in [-0.39, 0.29) is 35.9 Å². The summed E-state index contributed by atoms with van der Waals surface area (Å²) in [5.41, 5.74) is 5.19. The number of likely N-dealkylation sites (tertiary alicyclic amines) is 1. The molecule has 1 atom stereocenters. The van der Waals surface area contributed by atoms with Crippen LogP contribution in [0.4, 0.5) is 0 Å². The maximum absolute atomic E-state index is 13.0. The van der Waals surface area contributed by atoms with Crippen LogP contribution in [0.3, 0.4) is 0 Å². The third kappa shape index (κ3) is 4.48. The van der Waals surface area contributed by atoms with Crippen LogP contribution in [-0.4, -0.2) is 56.5 Å². The number of H-pyrrole nitrogens is 1. The number of amides is 3. The van der Waals surface area contributed by atoms with E-state index in [1.54, 1.807) is 11.0 Å². The van der Waals surface area contributed by atoms with Gasteiger partial charge < -0.3 is 21.1 Å². The van der Waals surface area contributed by atoms with Gasteiger partial charge in [0.15, 0.2) is 0 Å². The fourth-order valence-corrected chi connectivity index (χ4v) is 4.07. The molecule has 0 radical (unpaired) electrons. The van der Waals surface area contributed by atoms with Crippen LogP contribution in [0.1, 0.15) is 49.0 Å². The number of fused-ring (bicyclic) bond motifs is 1. The Morgan fingerprint density at radius 2 is 2.06 bits per heavy atom. The number of hydrogen-bond acceptors (Lipinski definition) is 5. The molecule has 2 aromatic rings. The van der Waals surface area contributed by atoms with E-state index < -0.39 is 23.3 Å². The van der Waals surface area contributed by atoms with Crippen molar-refractivity contribution in [3.63, 3.8) is 0 Å². The zero-order valence-corrected chi connectivity index (χ0v) is 18.7. The summed E-state index contributed by atoms with van der Waals surface area (Å²) in [5, 5.41) is 16.5. The monoisotopic (exact) mass is 457 g/mol. The SMILES string of the molecule is CC(C)C[n+]1c(O)c(C(=O)NC2CC2)c(=O)n2[nH]cc(/C=C/C(=O)N3CC[C@H](C(N)=O)C3)c21. The molecule has 1 aliphatic heterocycles. The Balaban J connectivity index is 1.70. The predicted molar refractivity (Wildman–Crippen MR) is 118 cm³/mol. The van der Waals surface area contributed by atoms with Crippen LogP contribution >= 0.6 is 0 Å². The zero-order chi connectivity index (χ0) is 23.9. The molecule has 11 nitrogen and oxygen atoms in total. The van der Waals surface area contributed by atoms with E-state index in [4.69, 9.17) is 5.73 Å². The molecule has 1 saturated heterocycles. The molecule has 11 heteroatoms. The average molecular weight is 458 g/mol. The second-order valence-corrected chi connectivity index (χ2v) is 9.15. The number of carbonyl (C=O) groups excluding carboxylic acids is 3. The number of aromatic nitrogens is 3.